The number of carboxylic acids is 1. The Kier molecular flexibility index (Phi) is 10.1. The fraction of sp³-hybridized carbons (Fsp3) is 0.409. The topological polar surface area (TPSA) is 89.0 Å². The van der Waals surface area contributed by atoms with Crippen LogP contribution in [0.5, 0.6) is 0 Å². The van der Waals surface area contributed by atoms with Crippen molar-refractivity contribution in [2.45, 2.75) is 32.1 Å². The first-order chi connectivity index (χ1) is 14.5. The van der Waals surface area contributed by atoms with Gasteiger partial charge in [-0.1, -0.05) is 49.1 Å². The minimum Gasteiger partial charge on any atom is -0.480 e. The first kappa shape index (κ1) is 23.6. The Morgan fingerprint density at radius 2 is 1.83 bits per heavy atom. The van der Waals surface area contributed by atoms with Gasteiger partial charge in [-0.25, -0.2) is 19.5 Å². The maximum atomic E-state index is 12.7. The van der Waals surface area contributed by atoms with Gasteiger partial charge >= 0.3 is 12.1 Å². The van der Waals surface area contributed by atoms with E-state index in [0.29, 0.717) is 23.4 Å². The third kappa shape index (κ3) is 8.00. The third-order valence-corrected chi connectivity index (χ3v) is 4.80. The first-order valence-electron chi connectivity index (χ1n) is 9.85. The zero-order chi connectivity index (χ0) is 21.8. The van der Waals surface area contributed by atoms with Crippen molar-refractivity contribution in [3.8, 4) is 0 Å². The molecule has 1 N–H and O–H groups in total. The number of para-hydroxylation sites is 1. The number of ether oxygens (including phenoxy) is 2. The highest BCUT2D eigenvalue weighted by Gasteiger charge is 2.23. The molecule has 2 aromatic rings. The van der Waals surface area contributed by atoms with Gasteiger partial charge in [0.1, 0.15) is 12.4 Å². The second-order valence-electron chi connectivity index (χ2n) is 6.91. The van der Waals surface area contributed by atoms with Crippen molar-refractivity contribution < 1.29 is 24.2 Å². The summed E-state index contributed by atoms with van der Waals surface area (Å²) in [7, 11) is 1.34. The quantitative estimate of drug-likeness (QED) is 0.662. The lowest BCUT2D eigenvalue weighted by molar-refractivity contribution is -0.141. The number of anilines is 2. The Morgan fingerprint density at radius 3 is 2.37 bits per heavy atom. The van der Waals surface area contributed by atoms with E-state index in [-0.39, 0.29) is 6.61 Å². The van der Waals surface area contributed by atoms with E-state index in [1.165, 1.54) is 37.5 Å². The molecule has 0 unspecified atom stereocenters. The molecule has 0 radical (unpaired) electrons. The Hall–Kier alpha value is -2.64. The van der Waals surface area contributed by atoms with Crippen molar-refractivity contribution in [2.75, 3.05) is 25.2 Å². The molecule has 1 amide bonds. The molecule has 1 aliphatic carbocycles. The molecule has 0 atom stereocenters. The van der Waals surface area contributed by atoms with E-state index < -0.39 is 12.1 Å². The van der Waals surface area contributed by atoms with Gasteiger partial charge in [-0.3, -0.25) is 0 Å². The second-order valence-corrected chi connectivity index (χ2v) is 7.35. The van der Waals surface area contributed by atoms with Crippen molar-refractivity contribution in [1.29, 1.82) is 0 Å². The molecule has 1 aromatic heterocycles. The van der Waals surface area contributed by atoms with E-state index in [1.54, 1.807) is 12.1 Å². The normalized spacial score (nSPS) is 13.7. The van der Waals surface area contributed by atoms with Gasteiger partial charge < -0.3 is 14.6 Å². The number of methoxy groups -OCH3 is 1. The number of pyridine rings is 1. The molecular formula is C22H27ClN2O5. The average Bonchev–Trinajstić information content (AvgIpc) is 2.76. The summed E-state index contributed by atoms with van der Waals surface area (Å²) in [5.74, 6) is 0.0373. The number of hydrogen-bond acceptors (Lipinski definition) is 5. The minimum atomic E-state index is -0.933. The molecule has 1 saturated carbocycles. The Morgan fingerprint density at radius 1 is 1.13 bits per heavy atom. The van der Waals surface area contributed by atoms with Crippen LogP contribution in [0.4, 0.5) is 16.3 Å². The molecule has 1 fully saturated rings. The van der Waals surface area contributed by atoms with Gasteiger partial charge in [-0.15, -0.1) is 0 Å². The molecule has 0 saturated heterocycles. The molecule has 8 heteroatoms. The maximum Gasteiger partial charge on any atom is 0.420 e. The molecule has 0 spiro atoms. The van der Waals surface area contributed by atoms with Gasteiger partial charge in [0.2, 0.25) is 0 Å². The molecule has 3 rings (SSSR count). The summed E-state index contributed by atoms with van der Waals surface area (Å²) < 4.78 is 9.80. The third-order valence-electron chi connectivity index (χ3n) is 4.57. The van der Waals surface area contributed by atoms with Gasteiger partial charge in [0.25, 0.3) is 0 Å². The van der Waals surface area contributed by atoms with Crippen LogP contribution in [0.25, 0.3) is 0 Å². The first-order valence-corrected chi connectivity index (χ1v) is 10.2. The number of halogens is 1. The zero-order valence-electron chi connectivity index (χ0n) is 17.0. The van der Waals surface area contributed by atoms with E-state index in [4.69, 9.17) is 21.4 Å². The molecule has 1 heterocycles. The van der Waals surface area contributed by atoms with E-state index in [1.807, 2.05) is 30.3 Å². The average molecular weight is 435 g/mol. The van der Waals surface area contributed by atoms with E-state index in [9.17, 15) is 9.59 Å². The van der Waals surface area contributed by atoms with Crippen molar-refractivity contribution in [3.05, 3.63) is 53.7 Å². The number of aromatic nitrogens is 1. The molecule has 30 heavy (non-hydrogen) atoms. The number of aliphatic carboxylic acids is 1. The molecule has 0 aliphatic heterocycles. The number of carboxylic acid groups (broad SMARTS) is 1. The summed E-state index contributed by atoms with van der Waals surface area (Å²) in [5, 5.41) is 8.32. The van der Waals surface area contributed by atoms with Crippen LogP contribution in [-0.2, 0) is 14.3 Å². The van der Waals surface area contributed by atoms with Gasteiger partial charge in [-0.05, 0) is 43.0 Å². The SMILES string of the molecule is COCC(=O)O.O=C(OCC1CCCCC1)N(c1ccccc1)c1ccc(Cl)cn1. The van der Waals surface area contributed by atoms with E-state index in [2.05, 4.69) is 9.72 Å². The van der Waals surface area contributed by atoms with E-state index >= 15 is 0 Å². The lowest BCUT2D eigenvalue weighted by Crippen LogP contribution is -2.29. The van der Waals surface area contributed by atoms with Crippen molar-refractivity contribution in [1.82, 2.24) is 4.98 Å². The monoisotopic (exact) mass is 434 g/mol. The molecule has 162 valence electrons. The number of rotatable bonds is 6. The van der Waals surface area contributed by atoms with Crippen LogP contribution < -0.4 is 4.90 Å². The van der Waals surface area contributed by atoms with Crippen LogP contribution in [0.3, 0.4) is 0 Å². The van der Waals surface area contributed by atoms with Crippen molar-refractivity contribution in [3.63, 3.8) is 0 Å². The van der Waals surface area contributed by atoms with Crippen LogP contribution in [0.2, 0.25) is 5.02 Å². The number of nitrogens with zero attached hydrogens (tertiary/aromatic N) is 2. The second kappa shape index (κ2) is 12.8. The number of carbonyl (C=O) groups excluding carboxylic acids is 1. The lowest BCUT2D eigenvalue weighted by Gasteiger charge is -2.25. The molecule has 1 aliphatic rings. The Bertz CT molecular complexity index is 780. The van der Waals surface area contributed by atoms with Gasteiger partial charge in [-0.2, -0.15) is 0 Å². The highest BCUT2D eigenvalue weighted by Crippen LogP contribution is 2.27. The van der Waals surface area contributed by atoms with Gasteiger partial charge in [0.15, 0.2) is 0 Å². The number of carbonyl (C=O) groups is 2. The summed E-state index contributed by atoms with van der Waals surface area (Å²) >= 11 is 5.91. The standard InChI is InChI=1S/C19H21ClN2O2.C3H6O3/c20-16-11-12-18(21-13-16)22(17-9-5-2-6-10-17)19(23)24-14-15-7-3-1-4-8-15;1-6-2-3(4)5/h2,5-6,9-13,15H,1,3-4,7-8,14H2;2H2,1H3,(H,4,5). The van der Waals surface area contributed by atoms with Crippen LogP contribution in [0.1, 0.15) is 32.1 Å². The van der Waals surface area contributed by atoms with Crippen molar-refractivity contribution in [2.24, 2.45) is 5.92 Å². The van der Waals surface area contributed by atoms with Gasteiger partial charge in [0.05, 0.1) is 17.3 Å². The Balaban J connectivity index is 0.000000469. The summed E-state index contributed by atoms with van der Waals surface area (Å²) in [6, 6.07) is 12.8. The van der Waals surface area contributed by atoms with Crippen LogP contribution in [0, 0.1) is 5.92 Å². The highest BCUT2D eigenvalue weighted by molar-refractivity contribution is 6.30. The summed E-state index contributed by atoms with van der Waals surface area (Å²) in [4.78, 5) is 27.9. The zero-order valence-corrected chi connectivity index (χ0v) is 17.8. The van der Waals surface area contributed by atoms with Crippen LogP contribution >= 0.6 is 11.6 Å². The van der Waals surface area contributed by atoms with E-state index in [0.717, 1.165) is 18.5 Å². The molecule has 7 nitrogen and oxygen atoms in total. The summed E-state index contributed by atoms with van der Waals surface area (Å²) in [6.07, 6.45) is 7.14. The minimum absolute atomic E-state index is 0.208. The highest BCUT2D eigenvalue weighted by atomic mass is 35.5. The number of amides is 1. The number of benzene rings is 1. The summed E-state index contributed by atoms with van der Waals surface area (Å²) in [6.45, 7) is 0.260. The molecule has 1 aromatic carbocycles. The largest absolute Gasteiger partial charge is 0.480 e. The predicted octanol–water partition coefficient (Wildman–Crippen LogP) is 5.31. The van der Waals surface area contributed by atoms with Crippen molar-refractivity contribution >= 4 is 35.2 Å². The maximum absolute atomic E-state index is 12.7. The van der Waals surface area contributed by atoms with Crippen LogP contribution in [0.15, 0.2) is 48.7 Å². The van der Waals surface area contributed by atoms with Crippen LogP contribution in [-0.4, -0.2) is 42.5 Å². The fourth-order valence-electron chi connectivity index (χ4n) is 3.14. The molecular weight excluding hydrogens is 408 g/mol. The van der Waals surface area contributed by atoms with Gasteiger partial charge in [0, 0.05) is 13.3 Å². The summed E-state index contributed by atoms with van der Waals surface area (Å²) in [5.41, 5.74) is 0.723. The number of hydrogen-bond donors (Lipinski definition) is 1. The Labute approximate surface area is 181 Å². The smallest absolute Gasteiger partial charge is 0.420 e. The lowest BCUT2D eigenvalue weighted by atomic mass is 9.90. The fourth-order valence-corrected chi connectivity index (χ4v) is 3.25. The molecule has 0 bridgehead atoms. The predicted molar refractivity (Wildman–Crippen MR) is 115 cm³/mol.